The zero-order chi connectivity index (χ0) is 21.2. The van der Waals surface area contributed by atoms with Crippen molar-refractivity contribution in [3.8, 4) is 0 Å². The summed E-state index contributed by atoms with van der Waals surface area (Å²) in [5, 5.41) is -4.88. The smallest absolute Gasteiger partial charge is 0.398 e. The molecule has 1 aromatic rings. The van der Waals surface area contributed by atoms with Crippen LogP contribution in [0.4, 0.5) is 42.1 Å². The van der Waals surface area contributed by atoms with Crippen LogP contribution in [0.3, 0.4) is 0 Å². The Morgan fingerprint density at radius 3 is 2.04 bits per heavy atom. The van der Waals surface area contributed by atoms with Crippen molar-refractivity contribution < 1.29 is 52.4 Å². The monoisotopic (exact) mass is 444 g/mol. The minimum Gasteiger partial charge on any atom is -0.398 e. The molecular weight excluding hydrogens is 437 g/mol. The quantitative estimate of drug-likeness (QED) is 0.539. The Kier molecular flexibility index (Phi) is 4.47. The summed E-state index contributed by atoms with van der Waals surface area (Å²) in [6, 6.07) is -0.000438. The lowest BCUT2D eigenvalue weighted by Gasteiger charge is -2.28. The number of hydrogen-bond acceptors (Lipinski definition) is 6. The summed E-state index contributed by atoms with van der Waals surface area (Å²) in [6.45, 7) is 0. The molecule has 0 atom stereocenters. The lowest BCUT2D eigenvalue weighted by molar-refractivity contribution is -0.332. The second-order valence-electron chi connectivity index (χ2n) is 5.29. The first-order valence-electron chi connectivity index (χ1n) is 6.39. The first-order chi connectivity index (χ1) is 11.9. The van der Waals surface area contributed by atoms with Crippen LogP contribution >= 0.6 is 0 Å². The summed E-state index contributed by atoms with van der Waals surface area (Å²) in [5.41, 5.74) is 3.26. The van der Waals surface area contributed by atoms with Crippen LogP contribution < -0.4 is 11.1 Å². The van der Waals surface area contributed by atoms with E-state index in [-0.39, 0.29) is 12.1 Å². The molecule has 0 saturated heterocycles. The molecule has 27 heavy (non-hydrogen) atoms. The first-order valence-corrected chi connectivity index (χ1v) is 9.53. The molecule has 1 aromatic carbocycles. The van der Waals surface area contributed by atoms with Crippen LogP contribution in [0.15, 0.2) is 21.9 Å². The summed E-state index contributed by atoms with van der Waals surface area (Å²) < 4.78 is 137. The number of halogens is 7. The number of nitrogen functional groups attached to an aromatic ring is 1. The highest BCUT2D eigenvalue weighted by molar-refractivity contribution is 7.93. The highest BCUT2D eigenvalue weighted by Crippen LogP contribution is 2.51. The van der Waals surface area contributed by atoms with Crippen molar-refractivity contribution in [1.29, 1.82) is 0 Å². The molecule has 7 nitrogen and oxygen atoms in total. The second kappa shape index (κ2) is 5.70. The Balaban J connectivity index is 2.74. The van der Waals surface area contributed by atoms with Gasteiger partial charge in [0.25, 0.3) is 0 Å². The average molecular weight is 444 g/mol. The van der Waals surface area contributed by atoms with E-state index in [1.165, 1.54) is 0 Å². The van der Waals surface area contributed by atoms with Crippen molar-refractivity contribution in [2.24, 2.45) is 0 Å². The Bertz CT molecular complexity index is 1030. The van der Waals surface area contributed by atoms with Crippen molar-refractivity contribution in [1.82, 2.24) is 0 Å². The SMILES string of the molecule is Nc1cc(S(=O)(=O)C(F)(F)C(F)(F)C(F)(F)F)cc2c1S(=O)(=O)CC(=O)N2. The van der Waals surface area contributed by atoms with Crippen molar-refractivity contribution in [2.45, 2.75) is 27.1 Å². The maximum Gasteiger partial charge on any atom is 0.461 e. The highest BCUT2D eigenvalue weighted by Gasteiger charge is 2.78. The molecule has 0 saturated carbocycles. The average Bonchev–Trinajstić information content (AvgIpc) is 2.42. The summed E-state index contributed by atoms with van der Waals surface area (Å²) in [7, 11) is -11.1. The van der Waals surface area contributed by atoms with Crippen molar-refractivity contribution in [3.05, 3.63) is 12.1 Å². The van der Waals surface area contributed by atoms with Gasteiger partial charge in [-0.2, -0.15) is 30.7 Å². The first kappa shape index (κ1) is 21.2. The number of rotatable bonds is 3. The molecule has 16 heteroatoms. The Hall–Kier alpha value is -2.10. The maximum atomic E-state index is 13.6. The van der Waals surface area contributed by atoms with Crippen molar-refractivity contribution in [2.75, 3.05) is 16.8 Å². The van der Waals surface area contributed by atoms with Crippen LogP contribution in [0.1, 0.15) is 0 Å². The van der Waals surface area contributed by atoms with E-state index in [1.54, 1.807) is 5.32 Å². The molecule has 2 rings (SSSR count). The highest BCUT2D eigenvalue weighted by atomic mass is 32.2. The maximum absolute atomic E-state index is 13.6. The number of carbonyl (C=O) groups excluding carboxylic acids is 1. The van der Waals surface area contributed by atoms with E-state index in [0.717, 1.165) is 0 Å². The zero-order valence-electron chi connectivity index (χ0n) is 12.4. The number of benzene rings is 1. The fourth-order valence-electron chi connectivity index (χ4n) is 2.13. The van der Waals surface area contributed by atoms with Gasteiger partial charge in [-0.05, 0) is 12.1 Å². The molecule has 1 amide bonds. The summed E-state index contributed by atoms with van der Waals surface area (Å²) in [4.78, 5) is 8.58. The van der Waals surface area contributed by atoms with Gasteiger partial charge < -0.3 is 11.1 Å². The summed E-state index contributed by atoms with van der Waals surface area (Å²) >= 11 is 0. The third-order valence-electron chi connectivity index (χ3n) is 3.37. The van der Waals surface area contributed by atoms with E-state index in [2.05, 4.69) is 0 Å². The molecule has 0 fully saturated rings. The van der Waals surface area contributed by atoms with Gasteiger partial charge in [-0.3, -0.25) is 4.79 Å². The second-order valence-corrected chi connectivity index (χ2v) is 9.21. The molecule has 1 aliphatic rings. The summed E-state index contributed by atoms with van der Waals surface area (Å²) in [5.74, 6) is -9.33. The third-order valence-corrected chi connectivity index (χ3v) is 6.87. The van der Waals surface area contributed by atoms with Gasteiger partial charge in [-0.15, -0.1) is 0 Å². The molecule has 0 bridgehead atoms. The molecule has 0 aliphatic carbocycles. The van der Waals surface area contributed by atoms with E-state index in [0.29, 0.717) is 0 Å². The number of nitrogens with two attached hydrogens (primary N) is 1. The van der Waals surface area contributed by atoms with E-state index < -0.39 is 69.9 Å². The fourth-order valence-corrected chi connectivity index (χ4v) is 4.86. The molecule has 0 aromatic heterocycles. The van der Waals surface area contributed by atoms with E-state index in [4.69, 9.17) is 5.73 Å². The van der Waals surface area contributed by atoms with Crippen molar-refractivity contribution >= 4 is 37.0 Å². The fraction of sp³-hybridized carbons (Fsp3) is 0.364. The van der Waals surface area contributed by atoms with Crippen LogP contribution in [0.5, 0.6) is 0 Å². The minimum atomic E-state index is -6.97. The normalized spacial score (nSPS) is 18.0. The largest absolute Gasteiger partial charge is 0.461 e. The van der Waals surface area contributed by atoms with Crippen LogP contribution in [0, 0.1) is 0 Å². The van der Waals surface area contributed by atoms with Gasteiger partial charge in [0.15, 0.2) is 9.84 Å². The lowest BCUT2D eigenvalue weighted by atomic mass is 10.2. The van der Waals surface area contributed by atoms with Crippen molar-refractivity contribution in [3.63, 3.8) is 0 Å². The Morgan fingerprint density at radius 2 is 1.56 bits per heavy atom. The van der Waals surface area contributed by atoms with Crippen LogP contribution in [-0.4, -0.2) is 45.8 Å². The minimum absolute atomic E-state index is 0.00992. The number of anilines is 2. The number of fused-ring (bicyclic) bond motifs is 1. The van der Waals surface area contributed by atoms with Gasteiger partial charge in [-0.1, -0.05) is 0 Å². The molecule has 0 radical (unpaired) electrons. The number of hydrogen-bond donors (Lipinski definition) is 2. The molecular formula is C11H7F7N2O5S2. The molecule has 0 unspecified atom stereocenters. The Labute approximate surface area is 146 Å². The summed E-state index contributed by atoms with van der Waals surface area (Å²) in [6.07, 6.45) is -6.92. The zero-order valence-corrected chi connectivity index (χ0v) is 14.1. The van der Waals surface area contributed by atoms with Gasteiger partial charge in [0.05, 0.1) is 16.3 Å². The number of sulfone groups is 2. The molecule has 0 spiro atoms. The number of nitrogens with one attached hydrogen (secondary N) is 1. The van der Waals surface area contributed by atoms with Gasteiger partial charge in [0, 0.05) is 0 Å². The number of carbonyl (C=O) groups is 1. The van der Waals surface area contributed by atoms with Crippen LogP contribution in [-0.2, 0) is 24.5 Å². The van der Waals surface area contributed by atoms with E-state index in [1.807, 2.05) is 0 Å². The van der Waals surface area contributed by atoms with Gasteiger partial charge in [-0.25, -0.2) is 16.8 Å². The predicted octanol–water partition coefficient (Wildman–Crippen LogP) is 1.56. The number of amides is 1. The topological polar surface area (TPSA) is 123 Å². The molecule has 3 N–H and O–H groups in total. The Morgan fingerprint density at radius 1 is 1.04 bits per heavy atom. The standard InChI is InChI=1S/C11H7F7N2O5S2/c12-9(13,10(14,15)16)11(17,18)27(24,25)4-1-5(19)8-6(2-4)20-7(21)3-26(8,22)23/h1-2H,3,19H2,(H,20,21). The molecule has 1 aliphatic heterocycles. The molecule has 152 valence electrons. The van der Waals surface area contributed by atoms with E-state index in [9.17, 15) is 52.4 Å². The van der Waals surface area contributed by atoms with Gasteiger partial charge in [0.2, 0.25) is 15.7 Å². The third kappa shape index (κ3) is 2.99. The predicted molar refractivity (Wildman–Crippen MR) is 74.7 cm³/mol. The van der Waals surface area contributed by atoms with Gasteiger partial charge in [0.1, 0.15) is 10.6 Å². The van der Waals surface area contributed by atoms with Crippen LogP contribution in [0.2, 0.25) is 0 Å². The molecule has 1 heterocycles. The van der Waals surface area contributed by atoms with Crippen LogP contribution in [0.25, 0.3) is 0 Å². The lowest BCUT2D eigenvalue weighted by Crippen LogP contribution is -2.55. The van der Waals surface area contributed by atoms with E-state index >= 15 is 0 Å². The van der Waals surface area contributed by atoms with Gasteiger partial charge >= 0.3 is 17.4 Å². The number of alkyl halides is 7.